The summed E-state index contributed by atoms with van der Waals surface area (Å²) in [7, 11) is 0. The van der Waals surface area contributed by atoms with Crippen molar-refractivity contribution in [3.63, 3.8) is 0 Å². The predicted molar refractivity (Wildman–Crippen MR) is 77.6 cm³/mol. The molecule has 1 saturated carbocycles. The molecule has 1 aliphatic carbocycles. The van der Waals surface area contributed by atoms with Crippen molar-refractivity contribution in [2.75, 3.05) is 5.32 Å². The predicted octanol–water partition coefficient (Wildman–Crippen LogP) is 3.31. The van der Waals surface area contributed by atoms with Crippen molar-refractivity contribution in [3.8, 4) is 0 Å². The van der Waals surface area contributed by atoms with Gasteiger partial charge in [-0.25, -0.2) is 0 Å². The Labute approximate surface area is 116 Å². The Balaban J connectivity index is 1.84. The van der Waals surface area contributed by atoms with Crippen LogP contribution in [0.3, 0.4) is 0 Å². The second-order valence-electron chi connectivity index (χ2n) is 4.86. The van der Waals surface area contributed by atoms with Crippen LogP contribution in [0.25, 0.3) is 0 Å². The van der Waals surface area contributed by atoms with Gasteiger partial charge >= 0.3 is 0 Å². The fraction of sp³-hybridized carbons (Fsp3) is 0.500. The number of amides is 1. The third-order valence-corrected chi connectivity index (χ3v) is 3.85. The Morgan fingerprint density at radius 3 is 2.50 bits per heavy atom. The van der Waals surface area contributed by atoms with Crippen LogP contribution in [0.15, 0.2) is 28.7 Å². The second kappa shape index (κ2) is 6.23. The molecule has 0 aromatic heterocycles. The average molecular weight is 311 g/mol. The molecule has 0 bridgehead atoms. The summed E-state index contributed by atoms with van der Waals surface area (Å²) in [5.41, 5.74) is 0.965. The maximum absolute atomic E-state index is 12.0. The van der Waals surface area contributed by atoms with Crippen LogP contribution in [0.4, 0.5) is 5.69 Å². The van der Waals surface area contributed by atoms with Crippen LogP contribution in [-0.4, -0.2) is 18.0 Å². The van der Waals surface area contributed by atoms with Crippen LogP contribution in [-0.2, 0) is 4.79 Å². The van der Waals surface area contributed by atoms with E-state index >= 15 is 0 Å². The summed E-state index contributed by atoms with van der Waals surface area (Å²) in [6, 6.07) is 8.03. The maximum Gasteiger partial charge on any atom is 0.242 e. The monoisotopic (exact) mass is 310 g/mol. The molecule has 1 atom stereocenters. The van der Waals surface area contributed by atoms with E-state index in [2.05, 4.69) is 26.6 Å². The Kier molecular flexibility index (Phi) is 4.64. The van der Waals surface area contributed by atoms with Gasteiger partial charge in [-0.15, -0.1) is 0 Å². The number of carbonyl (C=O) groups is 1. The van der Waals surface area contributed by atoms with Crippen LogP contribution < -0.4 is 10.6 Å². The number of halogens is 1. The zero-order valence-corrected chi connectivity index (χ0v) is 12.2. The van der Waals surface area contributed by atoms with Gasteiger partial charge in [0.05, 0.1) is 0 Å². The van der Waals surface area contributed by atoms with Crippen molar-refractivity contribution in [1.29, 1.82) is 0 Å². The van der Waals surface area contributed by atoms with Gasteiger partial charge in [-0.1, -0.05) is 28.8 Å². The second-order valence-corrected chi connectivity index (χ2v) is 5.78. The van der Waals surface area contributed by atoms with E-state index in [0.717, 1.165) is 23.0 Å². The summed E-state index contributed by atoms with van der Waals surface area (Å²) in [6.07, 6.45) is 4.71. The number of carbonyl (C=O) groups excluding carboxylic acids is 1. The Morgan fingerprint density at radius 2 is 1.89 bits per heavy atom. The number of nitrogens with one attached hydrogen (secondary N) is 2. The summed E-state index contributed by atoms with van der Waals surface area (Å²) >= 11 is 3.39. The lowest BCUT2D eigenvalue weighted by atomic mass is 10.2. The summed E-state index contributed by atoms with van der Waals surface area (Å²) in [4.78, 5) is 12.0. The molecule has 2 N–H and O–H groups in total. The van der Waals surface area contributed by atoms with Gasteiger partial charge in [0.1, 0.15) is 6.04 Å². The fourth-order valence-electron chi connectivity index (χ4n) is 2.26. The Hall–Kier alpha value is -1.03. The van der Waals surface area contributed by atoms with E-state index in [-0.39, 0.29) is 11.9 Å². The number of anilines is 1. The molecule has 2 rings (SSSR count). The fourth-order valence-corrected chi connectivity index (χ4v) is 2.52. The molecule has 0 unspecified atom stereocenters. The third kappa shape index (κ3) is 3.73. The summed E-state index contributed by atoms with van der Waals surface area (Å²) in [6.45, 7) is 1.90. The highest BCUT2D eigenvalue weighted by Crippen LogP contribution is 2.18. The van der Waals surface area contributed by atoms with E-state index in [1.807, 2.05) is 31.2 Å². The van der Waals surface area contributed by atoms with E-state index in [4.69, 9.17) is 0 Å². The Morgan fingerprint density at radius 1 is 1.28 bits per heavy atom. The number of benzene rings is 1. The molecule has 0 spiro atoms. The molecule has 98 valence electrons. The van der Waals surface area contributed by atoms with E-state index in [0.29, 0.717) is 6.04 Å². The molecule has 0 heterocycles. The van der Waals surface area contributed by atoms with Crippen molar-refractivity contribution < 1.29 is 4.79 Å². The van der Waals surface area contributed by atoms with Gasteiger partial charge in [-0.3, -0.25) is 4.79 Å². The highest BCUT2D eigenvalue weighted by molar-refractivity contribution is 9.10. The topological polar surface area (TPSA) is 41.1 Å². The van der Waals surface area contributed by atoms with Gasteiger partial charge in [0, 0.05) is 16.2 Å². The molecule has 1 aromatic rings. The molecule has 0 aliphatic heterocycles. The van der Waals surface area contributed by atoms with Crippen LogP contribution in [0.5, 0.6) is 0 Å². The average Bonchev–Trinajstić information content (AvgIpc) is 2.85. The molecule has 1 aromatic carbocycles. The third-order valence-electron chi connectivity index (χ3n) is 3.32. The highest BCUT2D eigenvalue weighted by atomic mass is 79.9. The van der Waals surface area contributed by atoms with Crippen molar-refractivity contribution in [1.82, 2.24) is 5.32 Å². The largest absolute Gasteiger partial charge is 0.374 e. The van der Waals surface area contributed by atoms with Gasteiger partial charge in [0.25, 0.3) is 0 Å². The van der Waals surface area contributed by atoms with Crippen LogP contribution >= 0.6 is 15.9 Å². The first kappa shape index (κ1) is 13.4. The van der Waals surface area contributed by atoms with E-state index in [1.165, 1.54) is 12.8 Å². The standard InChI is InChI=1S/C14H19BrN2O/c1-10(14(18)17-12-4-2-3-5-12)16-13-8-6-11(15)7-9-13/h6-10,12,16H,2-5H2,1H3,(H,17,18)/t10-/m1/s1. The molecular weight excluding hydrogens is 292 g/mol. The van der Waals surface area contributed by atoms with Gasteiger partial charge in [-0.05, 0) is 44.0 Å². The summed E-state index contributed by atoms with van der Waals surface area (Å²) < 4.78 is 1.04. The minimum Gasteiger partial charge on any atom is -0.374 e. The molecule has 1 fully saturated rings. The number of hydrogen-bond donors (Lipinski definition) is 2. The van der Waals surface area contributed by atoms with Gasteiger partial charge in [0.15, 0.2) is 0 Å². The zero-order valence-electron chi connectivity index (χ0n) is 10.6. The highest BCUT2D eigenvalue weighted by Gasteiger charge is 2.20. The van der Waals surface area contributed by atoms with E-state index < -0.39 is 0 Å². The first-order chi connectivity index (χ1) is 8.65. The van der Waals surface area contributed by atoms with Crippen LogP contribution in [0.2, 0.25) is 0 Å². The van der Waals surface area contributed by atoms with Gasteiger partial charge in [-0.2, -0.15) is 0 Å². The van der Waals surface area contributed by atoms with E-state index in [1.54, 1.807) is 0 Å². The molecule has 0 radical (unpaired) electrons. The van der Waals surface area contributed by atoms with Crippen LogP contribution in [0.1, 0.15) is 32.6 Å². The SMILES string of the molecule is C[C@@H](Nc1ccc(Br)cc1)C(=O)NC1CCCC1. The smallest absolute Gasteiger partial charge is 0.242 e. The lowest BCUT2D eigenvalue weighted by Gasteiger charge is -2.18. The van der Waals surface area contributed by atoms with Crippen molar-refractivity contribution in [2.45, 2.75) is 44.7 Å². The quantitative estimate of drug-likeness (QED) is 0.896. The van der Waals surface area contributed by atoms with Crippen molar-refractivity contribution >= 4 is 27.5 Å². The van der Waals surface area contributed by atoms with Crippen molar-refractivity contribution in [2.24, 2.45) is 0 Å². The molecular formula is C14H19BrN2O. The minimum atomic E-state index is -0.202. The zero-order chi connectivity index (χ0) is 13.0. The maximum atomic E-state index is 12.0. The van der Waals surface area contributed by atoms with Gasteiger partial charge in [0.2, 0.25) is 5.91 Å². The summed E-state index contributed by atoms with van der Waals surface area (Å²) in [5.74, 6) is 0.0878. The molecule has 1 amide bonds. The Bertz CT molecular complexity index is 399. The lowest BCUT2D eigenvalue weighted by Crippen LogP contribution is -2.42. The first-order valence-corrected chi connectivity index (χ1v) is 7.27. The normalized spacial score (nSPS) is 17.4. The van der Waals surface area contributed by atoms with Crippen molar-refractivity contribution in [3.05, 3.63) is 28.7 Å². The number of hydrogen-bond acceptors (Lipinski definition) is 2. The molecule has 18 heavy (non-hydrogen) atoms. The minimum absolute atomic E-state index is 0.0878. The first-order valence-electron chi connectivity index (χ1n) is 6.47. The van der Waals surface area contributed by atoms with Gasteiger partial charge < -0.3 is 10.6 Å². The summed E-state index contributed by atoms with van der Waals surface area (Å²) in [5, 5.41) is 6.31. The lowest BCUT2D eigenvalue weighted by molar-refractivity contribution is -0.122. The molecule has 4 heteroatoms. The number of rotatable bonds is 4. The molecule has 1 aliphatic rings. The molecule has 3 nitrogen and oxygen atoms in total. The molecule has 0 saturated heterocycles. The van der Waals surface area contributed by atoms with E-state index in [9.17, 15) is 4.79 Å². The van der Waals surface area contributed by atoms with Crippen LogP contribution in [0, 0.1) is 0 Å².